The maximum absolute atomic E-state index is 9.46. The first kappa shape index (κ1) is 10.0. The van der Waals surface area contributed by atoms with Crippen LogP contribution in [0.3, 0.4) is 0 Å². The number of aliphatic hydroxyl groups is 1. The van der Waals surface area contributed by atoms with Crippen LogP contribution in [-0.2, 0) is 0 Å². The minimum Gasteiger partial charge on any atom is -0.396 e. The number of hydrogen-bond donors (Lipinski definition) is 1. The van der Waals surface area contributed by atoms with E-state index in [4.69, 9.17) is 0 Å². The maximum atomic E-state index is 9.46. The molecule has 1 nitrogen and oxygen atoms in total. The van der Waals surface area contributed by atoms with Crippen LogP contribution in [0.5, 0.6) is 0 Å². The molecule has 0 spiro atoms. The molecule has 1 aliphatic carbocycles. The molecule has 0 aliphatic heterocycles. The molecule has 1 heteroatoms. The SMILES string of the molecule is C[C@H]1CCCC(C)(C)[C@]1(C)CO. The van der Waals surface area contributed by atoms with Crippen LogP contribution in [0.2, 0.25) is 0 Å². The van der Waals surface area contributed by atoms with E-state index in [-0.39, 0.29) is 5.41 Å². The highest BCUT2D eigenvalue weighted by molar-refractivity contribution is 4.95. The van der Waals surface area contributed by atoms with Crippen molar-refractivity contribution in [3.8, 4) is 0 Å². The second-order valence-corrected chi connectivity index (χ2v) is 5.25. The molecule has 0 saturated heterocycles. The monoisotopic (exact) mass is 170 g/mol. The Morgan fingerprint density at radius 2 is 1.92 bits per heavy atom. The molecule has 0 aromatic carbocycles. The Labute approximate surface area is 76.2 Å². The molecule has 12 heavy (non-hydrogen) atoms. The van der Waals surface area contributed by atoms with Gasteiger partial charge in [-0.05, 0) is 23.2 Å². The van der Waals surface area contributed by atoms with E-state index in [2.05, 4.69) is 27.7 Å². The minimum absolute atomic E-state index is 0.130. The van der Waals surface area contributed by atoms with Gasteiger partial charge in [-0.3, -0.25) is 0 Å². The Hall–Kier alpha value is -0.0400. The lowest BCUT2D eigenvalue weighted by Gasteiger charge is -2.51. The van der Waals surface area contributed by atoms with Crippen LogP contribution in [0.25, 0.3) is 0 Å². The standard InChI is InChI=1S/C11H22O/c1-9-6-5-7-10(2,3)11(9,4)8-12/h9,12H,5-8H2,1-4H3/t9-,11+/m0/s1. The number of hydrogen-bond acceptors (Lipinski definition) is 1. The Bertz CT molecular complexity index is 162. The average molecular weight is 170 g/mol. The number of rotatable bonds is 1. The molecule has 0 amide bonds. The predicted octanol–water partition coefficient (Wildman–Crippen LogP) is 2.83. The van der Waals surface area contributed by atoms with Crippen LogP contribution in [0.15, 0.2) is 0 Å². The van der Waals surface area contributed by atoms with Crippen molar-refractivity contribution in [1.29, 1.82) is 0 Å². The van der Waals surface area contributed by atoms with Gasteiger partial charge in [-0.2, -0.15) is 0 Å². The fourth-order valence-electron chi connectivity index (χ4n) is 2.49. The van der Waals surface area contributed by atoms with Crippen LogP contribution >= 0.6 is 0 Å². The van der Waals surface area contributed by atoms with Gasteiger partial charge in [0.1, 0.15) is 0 Å². The lowest BCUT2D eigenvalue weighted by atomic mass is 9.55. The van der Waals surface area contributed by atoms with Crippen molar-refractivity contribution in [2.75, 3.05) is 6.61 Å². The second kappa shape index (κ2) is 3.02. The van der Waals surface area contributed by atoms with Gasteiger partial charge in [-0.15, -0.1) is 0 Å². The molecule has 1 fully saturated rings. The summed E-state index contributed by atoms with van der Waals surface area (Å²) in [6, 6.07) is 0. The highest BCUT2D eigenvalue weighted by Gasteiger charge is 2.46. The van der Waals surface area contributed by atoms with Gasteiger partial charge < -0.3 is 5.11 Å². The van der Waals surface area contributed by atoms with Crippen LogP contribution in [-0.4, -0.2) is 11.7 Å². The van der Waals surface area contributed by atoms with E-state index >= 15 is 0 Å². The fraction of sp³-hybridized carbons (Fsp3) is 1.00. The third-order valence-electron chi connectivity index (χ3n) is 4.40. The van der Waals surface area contributed by atoms with Crippen LogP contribution in [0.1, 0.15) is 47.0 Å². The molecule has 1 saturated carbocycles. The molecule has 1 N–H and O–H groups in total. The van der Waals surface area contributed by atoms with Gasteiger partial charge in [0.05, 0.1) is 0 Å². The van der Waals surface area contributed by atoms with Gasteiger partial charge in [0, 0.05) is 6.61 Å². The van der Waals surface area contributed by atoms with E-state index in [9.17, 15) is 5.11 Å². The third kappa shape index (κ3) is 1.28. The first-order valence-electron chi connectivity index (χ1n) is 5.05. The largest absolute Gasteiger partial charge is 0.396 e. The van der Waals surface area contributed by atoms with Crippen LogP contribution in [0.4, 0.5) is 0 Å². The van der Waals surface area contributed by atoms with Crippen molar-refractivity contribution >= 4 is 0 Å². The summed E-state index contributed by atoms with van der Waals surface area (Å²) in [6.45, 7) is 9.42. The summed E-state index contributed by atoms with van der Waals surface area (Å²) in [5.74, 6) is 0.659. The number of aliphatic hydroxyl groups excluding tert-OH is 1. The molecule has 0 bridgehead atoms. The van der Waals surface area contributed by atoms with E-state index < -0.39 is 0 Å². The van der Waals surface area contributed by atoms with Crippen molar-refractivity contribution in [2.45, 2.75) is 47.0 Å². The molecule has 0 aromatic rings. The minimum atomic E-state index is 0.130. The summed E-state index contributed by atoms with van der Waals surface area (Å²) in [4.78, 5) is 0. The lowest BCUT2D eigenvalue weighted by molar-refractivity contribution is -0.0599. The van der Waals surface area contributed by atoms with Crippen LogP contribution in [0, 0.1) is 16.7 Å². The zero-order valence-electron chi connectivity index (χ0n) is 8.85. The highest BCUT2D eigenvalue weighted by atomic mass is 16.3. The molecular formula is C11H22O. The summed E-state index contributed by atoms with van der Waals surface area (Å²) >= 11 is 0. The maximum Gasteiger partial charge on any atom is 0.0492 e. The first-order chi connectivity index (χ1) is 5.44. The first-order valence-corrected chi connectivity index (χ1v) is 5.05. The molecule has 1 rings (SSSR count). The molecule has 2 atom stereocenters. The van der Waals surface area contributed by atoms with E-state index in [1.165, 1.54) is 19.3 Å². The van der Waals surface area contributed by atoms with Crippen molar-refractivity contribution in [2.24, 2.45) is 16.7 Å². The van der Waals surface area contributed by atoms with Crippen molar-refractivity contribution < 1.29 is 5.11 Å². The smallest absolute Gasteiger partial charge is 0.0492 e. The molecule has 0 radical (unpaired) electrons. The fourth-order valence-corrected chi connectivity index (χ4v) is 2.49. The van der Waals surface area contributed by atoms with Gasteiger partial charge in [0.15, 0.2) is 0 Å². The van der Waals surface area contributed by atoms with Gasteiger partial charge in [0.25, 0.3) is 0 Å². The Morgan fingerprint density at radius 1 is 1.33 bits per heavy atom. The predicted molar refractivity (Wildman–Crippen MR) is 52.0 cm³/mol. The highest BCUT2D eigenvalue weighted by Crippen LogP contribution is 2.52. The van der Waals surface area contributed by atoms with Crippen molar-refractivity contribution in [3.05, 3.63) is 0 Å². The van der Waals surface area contributed by atoms with Gasteiger partial charge >= 0.3 is 0 Å². The molecule has 72 valence electrons. The van der Waals surface area contributed by atoms with Crippen LogP contribution < -0.4 is 0 Å². The van der Waals surface area contributed by atoms with Crippen molar-refractivity contribution in [3.63, 3.8) is 0 Å². The normalized spacial score (nSPS) is 41.2. The van der Waals surface area contributed by atoms with Crippen molar-refractivity contribution in [1.82, 2.24) is 0 Å². The van der Waals surface area contributed by atoms with Gasteiger partial charge in [0.2, 0.25) is 0 Å². The molecule has 0 unspecified atom stereocenters. The summed E-state index contributed by atoms with van der Waals surface area (Å²) < 4.78 is 0. The van der Waals surface area contributed by atoms with E-state index in [0.29, 0.717) is 17.9 Å². The molecular weight excluding hydrogens is 148 g/mol. The van der Waals surface area contributed by atoms with E-state index in [0.717, 1.165) is 0 Å². The molecule has 1 aliphatic rings. The summed E-state index contributed by atoms with van der Waals surface area (Å²) in [7, 11) is 0. The lowest BCUT2D eigenvalue weighted by Crippen LogP contribution is -2.46. The topological polar surface area (TPSA) is 20.2 Å². The second-order valence-electron chi connectivity index (χ2n) is 5.25. The van der Waals surface area contributed by atoms with E-state index in [1.807, 2.05) is 0 Å². The Kier molecular flexibility index (Phi) is 2.53. The zero-order valence-corrected chi connectivity index (χ0v) is 8.85. The van der Waals surface area contributed by atoms with Gasteiger partial charge in [-0.1, -0.05) is 40.5 Å². The van der Waals surface area contributed by atoms with Gasteiger partial charge in [-0.25, -0.2) is 0 Å². The Morgan fingerprint density at radius 3 is 2.25 bits per heavy atom. The summed E-state index contributed by atoms with van der Waals surface area (Å²) in [5, 5.41) is 9.46. The summed E-state index contributed by atoms with van der Waals surface area (Å²) in [5.41, 5.74) is 0.435. The third-order valence-corrected chi connectivity index (χ3v) is 4.40. The molecule has 0 heterocycles. The summed E-state index contributed by atoms with van der Waals surface area (Å²) in [6.07, 6.45) is 3.86. The van der Waals surface area contributed by atoms with E-state index in [1.54, 1.807) is 0 Å². The molecule has 0 aromatic heterocycles. The Balaban J connectivity index is 2.88. The quantitative estimate of drug-likeness (QED) is 0.641. The average Bonchev–Trinajstić information content (AvgIpc) is 2.00. The zero-order chi connectivity index (χ0) is 9.41.